The Kier molecular flexibility index (Phi) is 8.23. The van der Waals surface area contributed by atoms with E-state index in [1.807, 2.05) is 66.6 Å². The van der Waals surface area contributed by atoms with Crippen LogP contribution in [0.5, 0.6) is 11.5 Å². The van der Waals surface area contributed by atoms with Crippen LogP contribution in [0, 0.1) is 0 Å². The molecule has 0 saturated carbocycles. The smallest absolute Gasteiger partial charge is 0.338 e. The number of amides is 1. The first-order chi connectivity index (χ1) is 17.9. The van der Waals surface area contributed by atoms with Crippen molar-refractivity contribution in [2.75, 3.05) is 20.8 Å². The van der Waals surface area contributed by atoms with Gasteiger partial charge in [0.2, 0.25) is 5.91 Å². The lowest BCUT2D eigenvalue weighted by Crippen LogP contribution is -2.38. The summed E-state index contributed by atoms with van der Waals surface area (Å²) in [5.41, 5.74) is 3.19. The molecule has 1 N–H and O–H groups in total. The molecule has 2 heterocycles. The highest BCUT2D eigenvalue weighted by Crippen LogP contribution is 2.48. The minimum Gasteiger partial charge on any atom is -0.497 e. The largest absolute Gasteiger partial charge is 0.497 e. The second-order valence-electron chi connectivity index (χ2n) is 8.79. The first-order valence-electron chi connectivity index (χ1n) is 12.1. The lowest BCUT2D eigenvalue weighted by molar-refractivity contribution is -0.139. The van der Waals surface area contributed by atoms with Crippen LogP contribution in [-0.4, -0.2) is 48.8 Å². The van der Waals surface area contributed by atoms with Crippen LogP contribution in [0.4, 0.5) is 0 Å². The fraction of sp³-hybridized carbons (Fsp3) is 0.321. The zero-order valence-corrected chi connectivity index (χ0v) is 22.4. The van der Waals surface area contributed by atoms with Gasteiger partial charge in [-0.15, -0.1) is 0 Å². The Morgan fingerprint density at radius 2 is 1.76 bits per heavy atom. The molecule has 9 heteroatoms. The second kappa shape index (κ2) is 11.6. The van der Waals surface area contributed by atoms with Crippen molar-refractivity contribution in [3.8, 4) is 11.5 Å². The molecular weight excluding hydrogens is 490 g/mol. The Labute approximate surface area is 221 Å². The quantitative estimate of drug-likeness (QED) is 0.470. The van der Waals surface area contributed by atoms with Gasteiger partial charge in [-0.2, -0.15) is 0 Å². The molecule has 2 aromatic rings. The Morgan fingerprint density at radius 1 is 1.08 bits per heavy atom. The third-order valence-corrected chi connectivity index (χ3v) is 6.72. The lowest BCUT2D eigenvalue weighted by Gasteiger charge is -2.37. The summed E-state index contributed by atoms with van der Waals surface area (Å²) in [6.07, 6.45) is 0.137. The number of amidine groups is 1. The van der Waals surface area contributed by atoms with Crippen LogP contribution >= 0.6 is 11.8 Å². The van der Waals surface area contributed by atoms with Crippen LogP contribution in [0.25, 0.3) is 5.70 Å². The molecule has 0 bridgehead atoms. The zero-order valence-electron chi connectivity index (χ0n) is 21.6. The molecule has 0 unspecified atom stereocenters. The molecule has 4 rings (SSSR count). The molecule has 2 aromatic carbocycles. The number of nitrogens with zero attached hydrogens (tertiary/aromatic N) is 2. The van der Waals surface area contributed by atoms with E-state index in [1.54, 1.807) is 27.2 Å². The number of nitrogens with one attached hydrogen (secondary N) is 1. The molecule has 2 aliphatic rings. The topological polar surface area (TPSA) is 89.5 Å². The fourth-order valence-corrected chi connectivity index (χ4v) is 5.25. The van der Waals surface area contributed by atoms with Crippen molar-refractivity contribution in [3.05, 3.63) is 76.3 Å². The van der Waals surface area contributed by atoms with Crippen LogP contribution in [0.2, 0.25) is 0 Å². The average molecular weight is 522 g/mol. The van der Waals surface area contributed by atoms with Crippen molar-refractivity contribution in [3.63, 3.8) is 0 Å². The van der Waals surface area contributed by atoms with Gasteiger partial charge < -0.3 is 24.4 Å². The summed E-state index contributed by atoms with van der Waals surface area (Å²) in [6, 6.07) is 14.5. The Morgan fingerprint density at radius 3 is 2.35 bits per heavy atom. The number of thioether (sulfide) groups is 1. The minimum atomic E-state index is -0.626. The van der Waals surface area contributed by atoms with Crippen molar-refractivity contribution >= 4 is 34.5 Å². The summed E-state index contributed by atoms with van der Waals surface area (Å²) in [4.78, 5) is 33.2. The molecular formula is C28H31N3O5S. The van der Waals surface area contributed by atoms with E-state index >= 15 is 0 Å². The van der Waals surface area contributed by atoms with E-state index in [0.29, 0.717) is 27.9 Å². The average Bonchev–Trinajstić information content (AvgIpc) is 3.29. The van der Waals surface area contributed by atoms with E-state index in [1.165, 1.54) is 11.8 Å². The number of aliphatic imine (C=N–C) groups is 1. The molecule has 2 aliphatic heterocycles. The fourth-order valence-electron chi connectivity index (χ4n) is 4.33. The van der Waals surface area contributed by atoms with Crippen molar-refractivity contribution < 1.29 is 23.8 Å². The van der Waals surface area contributed by atoms with Crippen molar-refractivity contribution in [2.24, 2.45) is 4.99 Å². The number of hydrogen-bond acceptors (Lipinski definition) is 8. The van der Waals surface area contributed by atoms with Crippen LogP contribution in [0.15, 0.2) is 70.2 Å². The number of fused-ring (bicyclic) bond motifs is 1. The first kappa shape index (κ1) is 26.3. The molecule has 8 nitrogen and oxygen atoms in total. The van der Waals surface area contributed by atoms with E-state index in [4.69, 9.17) is 19.2 Å². The van der Waals surface area contributed by atoms with E-state index in [-0.39, 0.29) is 25.0 Å². The second-order valence-corrected chi connectivity index (χ2v) is 9.62. The third-order valence-electron chi connectivity index (χ3n) is 5.83. The molecule has 1 atom stereocenters. The molecule has 0 aliphatic carbocycles. The summed E-state index contributed by atoms with van der Waals surface area (Å²) in [5, 5.41) is 5.53. The molecule has 0 saturated heterocycles. The van der Waals surface area contributed by atoms with E-state index < -0.39 is 12.0 Å². The van der Waals surface area contributed by atoms with Crippen LogP contribution in [0.3, 0.4) is 0 Å². The van der Waals surface area contributed by atoms with Crippen LogP contribution in [-0.2, 0) is 14.3 Å². The lowest BCUT2D eigenvalue weighted by atomic mass is 9.91. The number of methoxy groups -OCH3 is 2. The van der Waals surface area contributed by atoms with Gasteiger partial charge in [-0.3, -0.25) is 4.79 Å². The van der Waals surface area contributed by atoms with Crippen molar-refractivity contribution in [1.82, 2.24) is 10.2 Å². The van der Waals surface area contributed by atoms with E-state index in [9.17, 15) is 9.59 Å². The number of carbonyl (C=O) groups is 2. The number of carbonyl (C=O) groups excluding carboxylic acids is 2. The van der Waals surface area contributed by atoms with Gasteiger partial charge in [0.05, 0.1) is 44.6 Å². The van der Waals surface area contributed by atoms with Gasteiger partial charge in [-0.25, -0.2) is 9.79 Å². The SMILES string of the molecule is CCOC(=O)C1=C(c2ccccc2)N=C2SC=C(CC(=O)NC(C)C)N2[C@H]1c1cc(OC)cc(OC)c1. The van der Waals surface area contributed by atoms with Crippen LogP contribution < -0.4 is 14.8 Å². The van der Waals surface area contributed by atoms with Gasteiger partial charge in [0.25, 0.3) is 0 Å². The monoisotopic (exact) mass is 521 g/mol. The highest BCUT2D eigenvalue weighted by molar-refractivity contribution is 8.16. The van der Waals surface area contributed by atoms with Crippen LogP contribution in [0.1, 0.15) is 44.4 Å². The standard InChI is InChI=1S/C28H31N3O5S/c1-6-36-27(33)24-25(18-10-8-7-9-11-18)30-28-31(20(16-37-28)14-23(32)29-17(2)3)26(24)19-12-21(34-4)15-22(13-19)35-5/h7-13,15-17,26H,6,14H2,1-5H3,(H,29,32)/t26-/m0/s1. The maximum absolute atomic E-state index is 13.6. The van der Waals surface area contributed by atoms with Crippen molar-refractivity contribution in [1.29, 1.82) is 0 Å². The highest BCUT2D eigenvalue weighted by Gasteiger charge is 2.42. The van der Waals surface area contributed by atoms with Gasteiger partial charge >= 0.3 is 5.97 Å². The van der Waals surface area contributed by atoms with Gasteiger partial charge in [-0.05, 0) is 43.9 Å². The summed E-state index contributed by atoms with van der Waals surface area (Å²) in [6.45, 7) is 5.82. The maximum atomic E-state index is 13.6. The highest BCUT2D eigenvalue weighted by atomic mass is 32.2. The Hall–Kier alpha value is -3.72. The molecule has 37 heavy (non-hydrogen) atoms. The van der Waals surface area contributed by atoms with Gasteiger partial charge in [0.15, 0.2) is 5.17 Å². The normalized spacial score (nSPS) is 16.7. The third kappa shape index (κ3) is 5.67. The predicted octanol–water partition coefficient (Wildman–Crippen LogP) is 4.89. The molecule has 1 amide bonds. The first-order valence-corrected chi connectivity index (χ1v) is 13.0. The molecule has 0 spiro atoms. The van der Waals surface area contributed by atoms with Gasteiger partial charge in [-0.1, -0.05) is 42.1 Å². The molecule has 194 valence electrons. The summed E-state index contributed by atoms with van der Waals surface area (Å²) in [5.74, 6) is 0.579. The van der Waals surface area contributed by atoms with E-state index in [2.05, 4.69) is 5.32 Å². The summed E-state index contributed by atoms with van der Waals surface area (Å²) >= 11 is 1.42. The minimum absolute atomic E-state index is 0.00904. The number of hydrogen-bond donors (Lipinski definition) is 1. The van der Waals surface area contributed by atoms with Gasteiger partial charge in [0, 0.05) is 23.4 Å². The Balaban J connectivity index is 1.93. The number of esters is 1. The number of ether oxygens (including phenoxy) is 3. The number of rotatable bonds is 9. The van der Waals surface area contributed by atoms with Crippen molar-refractivity contribution in [2.45, 2.75) is 39.3 Å². The summed E-state index contributed by atoms with van der Waals surface area (Å²) in [7, 11) is 3.16. The van der Waals surface area contributed by atoms with Gasteiger partial charge in [0.1, 0.15) is 11.5 Å². The summed E-state index contributed by atoms with van der Waals surface area (Å²) < 4.78 is 16.6. The zero-order chi connectivity index (χ0) is 26.5. The predicted molar refractivity (Wildman–Crippen MR) is 145 cm³/mol. The molecule has 0 aromatic heterocycles. The maximum Gasteiger partial charge on any atom is 0.338 e. The molecule has 0 fully saturated rings. The van der Waals surface area contributed by atoms with E-state index in [0.717, 1.165) is 16.8 Å². The molecule has 0 radical (unpaired) electrons. The Bertz CT molecular complexity index is 1250. The number of benzene rings is 2.